The number of methoxy groups -OCH3 is 1. The van der Waals surface area contributed by atoms with Crippen molar-refractivity contribution in [1.82, 2.24) is 14.1 Å². The predicted molar refractivity (Wildman–Crippen MR) is 86.1 cm³/mol. The van der Waals surface area contributed by atoms with E-state index < -0.39 is 11.8 Å². The normalized spacial score (nSPS) is 18.2. The Morgan fingerprint density at radius 3 is 2.65 bits per heavy atom. The molecule has 1 aliphatic heterocycles. The average molecular weight is 342 g/mol. The third-order valence-electron chi connectivity index (χ3n) is 3.60. The summed E-state index contributed by atoms with van der Waals surface area (Å²) in [6.07, 6.45) is -2.55. The molecule has 0 saturated heterocycles. The molecular formula is C14H16F2N4O2S. The number of benzene rings is 1. The van der Waals surface area contributed by atoms with E-state index in [9.17, 15) is 13.6 Å². The van der Waals surface area contributed by atoms with E-state index in [0.717, 1.165) is 17.3 Å². The van der Waals surface area contributed by atoms with Crippen molar-refractivity contribution in [2.75, 3.05) is 20.8 Å². The van der Waals surface area contributed by atoms with Crippen LogP contribution < -0.4 is 5.69 Å². The molecule has 2 heterocycles. The van der Waals surface area contributed by atoms with E-state index in [1.165, 1.54) is 16.6 Å². The number of imidazole rings is 1. The molecule has 3 rings (SSSR count). The second-order valence-corrected chi connectivity index (χ2v) is 6.13. The minimum atomic E-state index is -2.55. The van der Waals surface area contributed by atoms with E-state index in [0.29, 0.717) is 18.7 Å². The van der Waals surface area contributed by atoms with Crippen molar-refractivity contribution in [3.8, 4) is 0 Å². The number of nitrogens with zero attached hydrogens (tertiary/aromatic N) is 4. The summed E-state index contributed by atoms with van der Waals surface area (Å²) in [6.45, 7) is 0.766. The molecule has 0 amide bonds. The van der Waals surface area contributed by atoms with E-state index in [4.69, 9.17) is 4.74 Å². The van der Waals surface area contributed by atoms with Gasteiger partial charge in [0.25, 0.3) is 6.43 Å². The lowest BCUT2D eigenvalue weighted by molar-refractivity contribution is 0.0870. The van der Waals surface area contributed by atoms with Crippen molar-refractivity contribution >= 4 is 28.0 Å². The van der Waals surface area contributed by atoms with Crippen LogP contribution in [0.3, 0.4) is 0 Å². The maximum atomic E-state index is 13.0. The molecule has 0 bridgehead atoms. The summed E-state index contributed by atoms with van der Waals surface area (Å²) in [5, 5.41) is 4.48. The van der Waals surface area contributed by atoms with Crippen molar-refractivity contribution in [1.29, 1.82) is 0 Å². The first-order valence-electron chi connectivity index (χ1n) is 7.00. The number of aromatic nitrogens is 2. The number of hydrogen-bond acceptors (Lipinski definition) is 5. The molecule has 124 valence electrons. The van der Waals surface area contributed by atoms with Crippen LogP contribution in [0.4, 0.5) is 8.78 Å². The first-order chi connectivity index (χ1) is 11.0. The zero-order valence-corrected chi connectivity index (χ0v) is 13.5. The molecule has 23 heavy (non-hydrogen) atoms. The highest BCUT2D eigenvalue weighted by atomic mass is 32.2. The van der Waals surface area contributed by atoms with Gasteiger partial charge in [0.2, 0.25) is 0 Å². The van der Waals surface area contributed by atoms with Crippen molar-refractivity contribution in [2.24, 2.45) is 5.10 Å². The first kappa shape index (κ1) is 16.0. The van der Waals surface area contributed by atoms with Crippen LogP contribution in [0.25, 0.3) is 11.0 Å². The molecule has 1 aromatic heterocycles. The van der Waals surface area contributed by atoms with Gasteiger partial charge in [0, 0.05) is 14.2 Å². The fourth-order valence-electron chi connectivity index (χ4n) is 2.50. The highest BCUT2D eigenvalue weighted by Crippen LogP contribution is 2.30. The van der Waals surface area contributed by atoms with Crippen molar-refractivity contribution in [2.45, 2.75) is 18.3 Å². The van der Waals surface area contributed by atoms with Gasteiger partial charge in [0.1, 0.15) is 0 Å². The molecule has 0 saturated carbocycles. The third-order valence-corrected chi connectivity index (χ3v) is 4.83. The Kier molecular flexibility index (Phi) is 4.40. The smallest absolute Gasteiger partial charge is 0.335 e. The summed E-state index contributed by atoms with van der Waals surface area (Å²) >= 11 is 0.890. The van der Waals surface area contributed by atoms with Gasteiger partial charge in [-0.2, -0.15) is 5.10 Å². The number of fused-ring (bicyclic) bond motifs is 1. The number of hydrazone groups is 1. The molecule has 1 aliphatic rings. The fraction of sp³-hybridized carbons (Fsp3) is 0.429. The Hall–Kier alpha value is -1.87. The summed E-state index contributed by atoms with van der Waals surface area (Å²) in [7, 11) is 3.04. The number of halogens is 2. The van der Waals surface area contributed by atoms with Gasteiger partial charge in [0.05, 0.1) is 24.2 Å². The van der Waals surface area contributed by atoms with E-state index in [1.807, 2.05) is 12.1 Å². The molecule has 0 aliphatic carbocycles. The number of para-hydroxylation sites is 2. The Morgan fingerprint density at radius 2 is 2.04 bits per heavy atom. The number of hydrogen-bond donors (Lipinski definition) is 0. The summed E-state index contributed by atoms with van der Waals surface area (Å²) in [5.74, 6) is 0. The Balaban J connectivity index is 2.10. The van der Waals surface area contributed by atoms with Gasteiger partial charge < -0.3 is 4.74 Å². The fourth-order valence-corrected chi connectivity index (χ4v) is 3.48. The van der Waals surface area contributed by atoms with Gasteiger partial charge in [-0.1, -0.05) is 23.9 Å². The van der Waals surface area contributed by atoms with Crippen LogP contribution in [0.15, 0.2) is 34.2 Å². The first-order valence-corrected chi connectivity index (χ1v) is 7.88. The summed E-state index contributed by atoms with van der Waals surface area (Å²) in [6, 6.07) is 7.22. The van der Waals surface area contributed by atoms with E-state index in [1.54, 1.807) is 23.8 Å². The van der Waals surface area contributed by atoms with E-state index in [2.05, 4.69) is 5.10 Å². The standard InChI is InChI=1S/C14H16F2N4O2S/c1-18-12(11(15)16)23-13(17-18)20-10-6-4-3-5-9(10)19(14(20)21)7-8-22-2/h3-6,11-12H,7-8H2,1-2H3. The molecule has 0 radical (unpaired) electrons. The Morgan fingerprint density at radius 1 is 1.35 bits per heavy atom. The van der Waals surface area contributed by atoms with E-state index in [-0.39, 0.29) is 10.9 Å². The molecule has 2 aromatic rings. The highest BCUT2D eigenvalue weighted by Gasteiger charge is 2.34. The van der Waals surface area contributed by atoms with Crippen LogP contribution in [0.1, 0.15) is 0 Å². The van der Waals surface area contributed by atoms with Gasteiger partial charge in [-0.05, 0) is 12.1 Å². The largest absolute Gasteiger partial charge is 0.383 e. The van der Waals surface area contributed by atoms with E-state index >= 15 is 0 Å². The minimum Gasteiger partial charge on any atom is -0.383 e. The molecule has 0 spiro atoms. The minimum absolute atomic E-state index is 0.259. The summed E-state index contributed by atoms with van der Waals surface area (Å²) in [5.41, 5.74) is 1.06. The lowest BCUT2D eigenvalue weighted by Crippen LogP contribution is -2.29. The number of rotatable bonds is 4. The molecule has 6 nitrogen and oxygen atoms in total. The number of ether oxygens (including phenoxy) is 1. The molecule has 1 atom stereocenters. The maximum Gasteiger partial charge on any atom is 0.335 e. The Bertz CT molecular complexity index is 802. The van der Waals surface area contributed by atoms with Crippen molar-refractivity contribution in [3.63, 3.8) is 0 Å². The van der Waals surface area contributed by atoms with Gasteiger partial charge >= 0.3 is 5.69 Å². The van der Waals surface area contributed by atoms with Crippen LogP contribution in [-0.4, -0.2) is 51.9 Å². The van der Waals surface area contributed by atoms with Gasteiger partial charge in [-0.15, -0.1) is 0 Å². The second-order valence-electron chi connectivity index (χ2n) is 5.05. The molecule has 0 N–H and O–H groups in total. The van der Waals surface area contributed by atoms with Crippen molar-refractivity contribution < 1.29 is 13.5 Å². The van der Waals surface area contributed by atoms with Gasteiger partial charge in [-0.3, -0.25) is 9.58 Å². The average Bonchev–Trinajstić information content (AvgIpc) is 3.03. The van der Waals surface area contributed by atoms with Crippen LogP contribution in [0.2, 0.25) is 0 Å². The van der Waals surface area contributed by atoms with Crippen molar-refractivity contribution in [3.05, 3.63) is 34.7 Å². The van der Waals surface area contributed by atoms with Crippen LogP contribution in [0, 0.1) is 0 Å². The molecule has 9 heteroatoms. The molecule has 1 aromatic carbocycles. The lowest BCUT2D eigenvalue weighted by atomic mass is 10.3. The third kappa shape index (κ3) is 2.74. The topological polar surface area (TPSA) is 51.8 Å². The second kappa shape index (κ2) is 6.32. The Labute approximate surface area is 135 Å². The SMILES string of the molecule is COCCn1c(=O)n(C2=NN(C)C(C(F)F)S2)c2ccccc21. The summed E-state index contributed by atoms with van der Waals surface area (Å²) in [4.78, 5) is 12.7. The van der Waals surface area contributed by atoms with Crippen LogP contribution >= 0.6 is 11.8 Å². The zero-order valence-electron chi connectivity index (χ0n) is 12.6. The van der Waals surface area contributed by atoms with Crippen LogP contribution in [-0.2, 0) is 11.3 Å². The molecule has 1 unspecified atom stereocenters. The molecule has 0 fully saturated rings. The lowest BCUT2D eigenvalue weighted by Gasteiger charge is -2.15. The summed E-state index contributed by atoms with van der Waals surface area (Å²) < 4.78 is 34.0. The maximum absolute atomic E-state index is 13.0. The number of thioether (sulfide) groups is 1. The monoisotopic (exact) mass is 342 g/mol. The zero-order chi connectivity index (χ0) is 16.6. The highest BCUT2D eigenvalue weighted by molar-refractivity contribution is 8.14. The van der Waals surface area contributed by atoms with Crippen LogP contribution in [0.5, 0.6) is 0 Å². The number of alkyl halides is 2. The molecular weight excluding hydrogens is 326 g/mol. The predicted octanol–water partition coefficient (Wildman–Crippen LogP) is 1.84. The van der Waals surface area contributed by atoms with Gasteiger partial charge in [-0.25, -0.2) is 18.1 Å². The quantitative estimate of drug-likeness (QED) is 0.851. The van der Waals surface area contributed by atoms with Gasteiger partial charge in [0.15, 0.2) is 10.5 Å².